The number of carbonyl (C=O) groups excluding carboxylic acids is 1. The van der Waals surface area contributed by atoms with Crippen molar-refractivity contribution in [1.29, 1.82) is 0 Å². The molecule has 0 aliphatic heterocycles. The average Bonchev–Trinajstić information content (AvgIpc) is 2.37. The lowest BCUT2D eigenvalue weighted by Gasteiger charge is -2.18. The predicted molar refractivity (Wildman–Crippen MR) is 71.7 cm³/mol. The molecule has 19 heavy (non-hydrogen) atoms. The first-order chi connectivity index (χ1) is 8.97. The maximum Gasteiger partial charge on any atom is 0.336 e. The Bertz CT molecular complexity index is 474. The Balaban J connectivity index is 2.80. The lowest BCUT2D eigenvalue weighted by molar-refractivity contribution is 0.0696. The highest BCUT2D eigenvalue weighted by atomic mass is 16.5. The van der Waals surface area contributed by atoms with Crippen LogP contribution in [0.3, 0.4) is 0 Å². The molecule has 0 spiro atoms. The Hall–Kier alpha value is -2.08. The third-order valence-corrected chi connectivity index (χ3v) is 2.78. The van der Waals surface area contributed by atoms with Crippen LogP contribution in [0, 0.1) is 6.92 Å². The largest absolute Gasteiger partial charge is 0.478 e. The van der Waals surface area contributed by atoms with Crippen molar-refractivity contribution in [3.63, 3.8) is 0 Å². The van der Waals surface area contributed by atoms with E-state index >= 15 is 0 Å². The summed E-state index contributed by atoms with van der Waals surface area (Å²) in [5, 5.41) is 11.7. The molecule has 6 nitrogen and oxygen atoms in total. The fraction of sp³-hybridized carbons (Fsp3) is 0.385. The van der Waals surface area contributed by atoms with Gasteiger partial charge >= 0.3 is 12.0 Å². The number of urea groups is 1. The van der Waals surface area contributed by atoms with Crippen LogP contribution in [0.2, 0.25) is 0 Å². The van der Waals surface area contributed by atoms with Gasteiger partial charge in [-0.05, 0) is 24.6 Å². The minimum Gasteiger partial charge on any atom is -0.478 e. The first-order valence-corrected chi connectivity index (χ1v) is 5.81. The quantitative estimate of drug-likeness (QED) is 0.851. The van der Waals surface area contributed by atoms with E-state index in [1.807, 2.05) is 0 Å². The van der Waals surface area contributed by atoms with Crippen molar-refractivity contribution in [3.05, 3.63) is 29.3 Å². The van der Waals surface area contributed by atoms with Crippen LogP contribution in [0.5, 0.6) is 0 Å². The summed E-state index contributed by atoms with van der Waals surface area (Å²) in [6, 6.07) is 4.47. The Morgan fingerprint density at radius 1 is 1.42 bits per heavy atom. The van der Waals surface area contributed by atoms with Crippen molar-refractivity contribution >= 4 is 17.7 Å². The number of likely N-dealkylation sites (N-methyl/N-ethyl adjacent to an activating group) is 1. The number of rotatable bonds is 5. The highest BCUT2D eigenvalue weighted by Gasteiger charge is 2.13. The van der Waals surface area contributed by atoms with Crippen LogP contribution in [0.25, 0.3) is 0 Å². The number of carbonyl (C=O) groups is 2. The molecule has 0 saturated heterocycles. The van der Waals surface area contributed by atoms with Crippen LogP contribution < -0.4 is 5.32 Å². The highest BCUT2D eigenvalue weighted by molar-refractivity contribution is 5.95. The van der Waals surface area contributed by atoms with Crippen LogP contribution >= 0.6 is 0 Å². The molecular weight excluding hydrogens is 248 g/mol. The van der Waals surface area contributed by atoms with Crippen LogP contribution in [0.4, 0.5) is 10.5 Å². The number of hydrogen-bond acceptors (Lipinski definition) is 3. The van der Waals surface area contributed by atoms with E-state index in [0.29, 0.717) is 24.4 Å². The second kappa shape index (κ2) is 6.75. The molecule has 104 valence electrons. The van der Waals surface area contributed by atoms with Gasteiger partial charge in [0.1, 0.15) is 0 Å². The van der Waals surface area contributed by atoms with Gasteiger partial charge in [0.15, 0.2) is 0 Å². The zero-order valence-electron chi connectivity index (χ0n) is 11.3. The van der Waals surface area contributed by atoms with Crippen molar-refractivity contribution in [2.75, 3.05) is 32.6 Å². The van der Waals surface area contributed by atoms with Crippen LogP contribution in [0.15, 0.2) is 18.2 Å². The number of methoxy groups -OCH3 is 1. The van der Waals surface area contributed by atoms with Crippen molar-refractivity contribution in [2.45, 2.75) is 6.92 Å². The van der Waals surface area contributed by atoms with E-state index in [-0.39, 0.29) is 11.6 Å². The molecule has 0 bridgehead atoms. The summed E-state index contributed by atoms with van der Waals surface area (Å²) in [7, 11) is 3.21. The SMILES string of the molecule is COCCN(C)C(=O)Nc1cccc(C(=O)O)c1C. The van der Waals surface area contributed by atoms with Gasteiger partial charge < -0.3 is 20.1 Å². The molecular formula is C13H18N2O4. The number of ether oxygens (including phenoxy) is 1. The molecule has 0 aromatic heterocycles. The van der Waals surface area contributed by atoms with E-state index < -0.39 is 5.97 Å². The molecule has 0 aliphatic carbocycles. The van der Waals surface area contributed by atoms with E-state index in [0.717, 1.165) is 0 Å². The first kappa shape index (κ1) is 15.0. The molecule has 0 unspecified atom stereocenters. The summed E-state index contributed by atoms with van der Waals surface area (Å²) in [6.07, 6.45) is 0. The van der Waals surface area contributed by atoms with E-state index in [4.69, 9.17) is 9.84 Å². The summed E-state index contributed by atoms with van der Waals surface area (Å²) in [6.45, 7) is 2.56. The van der Waals surface area contributed by atoms with E-state index in [9.17, 15) is 9.59 Å². The monoisotopic (exact) mass is 266 g/mol. The standard InChI is InChI=1S/C13H18N2O4/c1-9-10(12(16)17)5-4-6-11(9)14-13(18)15(2)7-8-19-3/h4-6H,7-8H2,1-3H3,(H,14,18)(H,16,17). The van der Waals surface area contributed by atoms with Crippen molar-refractivity contribution in [2.24, 2.45) is 0 Å². The first-order valence-electron chi connectivity index (χ1n) is 5.81. The Morgan fingerprint density at radius 2 is 2.11 bits per heavy atom. The van der Waals surface area contributed by atoms with Gasteiger partial charge in [-0.1, -0.05) is 6.07 Å². The van der Waals surface area contributed by atoms with E-state index in [2.05, 4.69) is 5.32 Å². The Morgan fingerprint density at radius 3 is 2.68 bits per heavy atom. The molecule has 1 rings (SSSR count). The van der Waals surface area contributed by atoms with Gasteiger partial charge in [0.05, 0.1) is 12.2 Å². The summed E-state index contributed by atoms with van der Waals surface area (Å²) in [5.74, 6) is -1.01. The van der Waals surface area contributed by atoms with Gasteiger partial charge in [-0.15, -0.1) is 0 Å². The zero-order valence-corrected chi connectivity index (χ0v) is 11.3. The summed E-state index contributed by atoms with van der Waals surface area (Å²) in [4.78, 5) is 24.3. The lowest BCUT2D eigenvalue weighted by atomic mass is 10.1. The lowest BCUT2D eigenvalue weighted by Crippen LogP contribution is -2.34. The molecule has 0 fully saturated rings. The van der Waals surface area contributed by atoms with Gasteiger partial charge in [0.25, 0.3) is 0 Å². The number of anilines is 1. The third kappa shape index (κ3) is 3.96. The van der Waals surface area contributed by atoms with Crippen molar-refractivity contribution in [1.82, 2.24) is 4.90 Å². The molecule has 0 heterocycles. The predicted octanol–water partition coefficient (Wildman–Crippen LogP) is 1.80. The fourth-order valence-corrected chi connectivity index (χ4v) is 1.54. The van der Waals surface area contributed by atoms with Crippen molar-refractivity contribution in [3.8, 4) is 0 Å². The third-order valence-electron chi connectivity index (χ3n) is 2.78. The van der Waals surface area contributed by atoms with Gasteiger partial charge in [-0.25, -0.2) is 9.59 Å². The summed E-state index contributed by atoms with van der Waals surface area (Å²) < 4.78 is 4.89. The maximum atomic E-state index is 11.9. The molecule has 2 amide bonds. The van der Waals surface area contributed by atoms with Crippen molar-refractivity contribution < 1.29 is 19.4 Å². The van der Waals surface area contributed by atoms with Crippen LogP contribution in [-0.2, 0) is 4.74 Å². The van der Waals surface area contributed by atoms with E-state index in [1.54, 1.807) is 33.2 Å². The Kier molecular flexibility index (Phi) is 5.32. The van der Waals surface area contributed by atoms with Gasteiger partial charge in [-0.2, -0.15) is 0 Å². The van der Waals surface area contributed by atoms with Crippen LogP contribution in [-0.4, -0.2) is 49.3 Å². The molecule has 1 aromatic rings. The molecule has 0 atom stereocenters. The smallest absolute Gasteiger partial charge is 0.336 e. The fourth-order valence-electron chi connectivity index (χ4n) is 1.54. The maximum absolute atomic E-state index is 11.9. The number of amides is 2. The van der Waals surface area contributed by atoms with Gasteiger partial charge in [-0.3, -0.25) is 0 Å². The number of carboxylic acids is 1. The topological polar surface area (TPSA) is 78.9 Å². The molecule has 0 saturated carbocycles. The number of nitrogens with one attached hydrogen (secondary N) is 1. The van der Waals surface area contributed by atoms with Crippen LogP contribution in [0.1, 0.15) is 15.9 Å². The zero-order chi connectivity index (χ0) is 14.4. The summed E-state index contributed by atoms with van der Waals surface area (Å²) >= 11 is 0. The Labute approximate surface area is 112 Å². The minimum absolute atomic E-state index is 0.178. The number of aromatic carboxylic acids is 1. The highest BCUT2D eigenvalue weighted by Crippen LogP contribution is 2.19. The second-order valence-electron chi connectivity index (χ2n) is 4.13. The molecule has 0 aliphatic rings. The normalized spacial score (nSPS) is 10.1. The number of benzene rings is 1. The molecule has 0 radical (unpaired) electrons. The van der Waals surface area contributed by atoms with E-state index in [1.165, 1.54) is 11.0 Å². The second-order valence-corrected chi connectivity index (χ2v) is 4.13. The molecule has 1 aromatic carbocycles. The average molecular weight is 266 g/mol. The summed E-state index contributed by atoms with van der Waals surface area (Å²) in [5.41, 5.74) is 1.20. The number of hydrogen-bond donors (Lipinski definition) is 2. The van der Waals surface area contributed by atoms with Gasteiger partial charge in [0.2, 0.25) is 0 Å². The minimum atomic E-state index is -1.01. The number of nitrogens with zero attached hydrogens (tertiary/aromatic N) is 1. The molecule has 6 heteroatoms. The molecule has 2 N–H and O–H groups in total. The number of carboxylic acid groups (broad SMARTS) is 1. The van der Waals surface area contributed by atoms with Gasteiger partial charge in [0, 0.05) is 26.4 Å².